The van der Waals surface area contributed by atoms with Gasteiger partial charge in [-0.25, -0.2) is 0 Å². The molecule has 2 aliphatic rings. The van der Waals surface area contributed by atoms with Crippen LogP contribution in [0.4, 0.5) is 0 Å². The summed E-state index contributed by atoms with van der Waals surface area (Å²) in [5, 5.41) is 10.4. The molecule has 0 amide bonds. The first-order chi connectivity index (χ1) is 8.77. The summed E-state index contributed by atoms with van der Waals surface area (Å²) < 4.78 is 0. The van der Waals surface area contributed by atoms with Crippen molar-refractivity contribution in [1.82, 2.24) is 0 Å². The number of phenols is 1. The van der Waals surface area contributed by atoms with Crippen LogP contribution >= 0.6 is 0 Å². The average molecular weight is 258 g/mol. The Hall–Kier alpha value is -0.980. The Bertz CT molecular complexity index is 529. The molecule has 19 heavy (non-hydrogen) atoms. The summed E-state index contributed by atoms with van der Waals surface area (Å²) in [5.41, 5.74) is 4.44. The molecule has 2 bridgehead atoms. The Balaban J connectivity index is 2.08. The smallest absolute Gasteiger partial charge is 0.119 e. The van der Waals surface area contributed by atoms with Crippen LogP contribution in [0.5, 0.6) is 5.75 Å². The van der Waals surface area contributed by atoms with E-state index >= 15 is 0 Å². The second-order valence-electron chi connectivity index (χ2n) is 7.66. The minimum Gasteiger partial charge on any atom is -0.508 e. The van der Waals surface area contributed by atoms with Crippen LogP contribution in [0.2, 0.25) is 0 Å². The second-order valence-corrected chi connectivity index (χ2v) is 7.66. The quantitative estimate of drug-likeness (QED) is 0.756. The van der Waals surface area contributed by atoms with Gasteiger partial charge in [0.15, 0.2) is 0 Å². The summed E-state index contributed by atoms with van der Waals surface area (Å²) in [6.45, 7) is 11.5. The molecule has 2 fully saturated rings. The van der Waals surface area contributed by atoms with E-state index in [-0.39, 0.29) is 0 Å². The van der Waals surface area contributed by atoms with Gasteiger partial charge in [0.1, 0.15) is 5.75 Å². The molecule has 0 aliphatic heterocycles. The predicted molar refractivity (Wildman–Crippen MR) is 79.6 cm³/mol. The molecule has 1 N–H and O–H groups in total. The zero-order valence-corrected chi connectivity index (χ0v) is 12.9. The van der Waals surface area contributed by atoms with Crippen molar-refractivity contribution in [3.63, 3.8) is 0 Å². The maximum atomic E-state index is 10.4. The molecule has 1 nitrogen and oxygen atoms in total. The van der Waals surface area contributed by atoms with Gasteiger partial charge in [-0.1, -0.05) is 26.8 Å². The minimum atomic E-state index is 0.344. The number of aryl methyl sites for hydroxylation is 2. The number of rotatable bonds is 1. The second kappa shape index (κ2) is 3.77. The number of fused-ring (bicyclic) bond motifs is 2. The van der Waals surface area contributed by atoms with Gasteiger partial charge < -0.3 is 5.11 Å². The van der Waals surface area contributed by atoms with E-state index in [4.69, 9.17) is 0 Å². The van der Waals surface area contributed by atoms with Gasteiger partial charge in [-0.05, 0) is 78.5 Å². The lowest BCUT2D eigenvalue weighted by Crippen LogP contribution is -2.31. The van der Waals surface area contributed by atoms with Crippen molar-refractivity contribution in [2.45, 2.75) is 59.8 Å². The summed E-state index contributed by atoms with van der Waals surface area (Å²) in [6, 6.07) is 4.18. The SMILES string of the molecule is Cc1cc(O)c([C@H]2C[C@H]3CC[C@]2(C)C3(C)C)cc1C. The van der Waals surface area contributed by atoms with Crippen molar-refractivity contribution in [2.75, 3.05) is 0 Å². The van der Waals surface area contributed by atoms with Gasteiger partial charge >= 0.3 is 0 Å². The van der Waals surface area contributed by atoms with E-state index in [0.29, 0.717) is 22.5 Å². The molecule has 0 aromatic heterocycles. The molecule has 1 heteroatoms. The van der Waals surface area contributed by atoms with Crippen LogP contribution in [0.1, 0.15) is 62.6 Å². The van der Waals surface area contributed by atoms with Gasteiger partial charge in [0.25, 0.3) is 0 Å². The van der Waals surface area contributed by atoms with Crippen molar-refractivity contribution in [1.29, 1.82) is 0 Å². The fraction of sp³-hybridized carbons (Fsp3) is 0.667. The molecule has 1 aromatic carbocycles. The van der Waals surface area contributed by atoms with E-state index in [0.717, 1.165) is 5.92 Å². The zero-order valence-electron chi connectivity index (χ0n) is 12.9. The molecule has 0 unspecified atom stereocenters. The van der Waals surface area contributed by atoms with Gasteiger partial charge in [0.2, 0.25) is 0 Å². The third kappa shape index (κ3) is 1.53. The predicted octanol–water partition coefficient (Wildman–Crippen LogP) is 4.94. The standard InChI is InChI=1S/C18H26O/c1-11-8-14(16(19)9-12(11)2)15-10-13-6-7-18(15,5)17(13,3)4/h8-9,13,15,19H,6-7,10H2,1-5H3/t13-,15-,18+/m1/s1. The highest BCUT2D eigenvalue weighted by Crippen LogP contribution is 2.71. The number of hydrogen-bond donors (Lipinski definition) is 1. The molecule has 0 radical (unpaired) electrons. The summed E-state index contributed by atoms with van der Waals surface area (Å²) in [5.74, 6) is 1.86. The van der Waals surface area contributed by atoms with Gasteiger partial charge in [-0.3, -0.25) is 0 Å². The third-order valence-corrected chi connectivity index (χ3v) is 6.81. The largest absolute Gasteiger partial charge is 0.508 e. The maximum Gasteiger partial charge on any atom is 0.119 e. The molecular formula is C18H26O. The summed E-state index contributed by atoms with van der Waals surface area (Å²) >= 11 is 0. The number of phenolic OH excluding ortho intramolecular Hbond substituents is 1. The van der Waals surface area contributed by atoms with E-state index in [1.807, 2.05) is 6.07 Å². The lowest BCUT2D eigenvalue weighted by atomic mass is 9.65. The van der Waals surface area contributed by atoms with E-state index in [2.05, 4.69) is 40.7 Å². The van der Waals surface area contributed by atoms with Gasteiger partial charge in [-0.2, -0.15) is 0 Å². The zero-order chi connectivity index (χ0) is 14.0. The highest BCUT2D eigenvalue weighted by molar-refractivity contribution is 5.45. The van der Waals surface area contributed by atoms with Crippen LogP contribution in [0.25, 0.3) is 0 Å². The summed E-state index contributed by atoms with van der Waals surface area (Å²) in [6.07, 6.45) is 3.92. The Labute approximate surface area is 117 Å². The normalized spacial score (nSPS) is 35.8. The first-order valence-corrected chi connectivity index (χ1v) is 7.57. The lowest BCUT2D eigenvalue weighted by Gasteiger charge is -2.40. The van der Waals surface area contributed by atoms with Crippen LogP contribution < -0.4 is 0 Å². The number of hydrogen-bond acceptors (Lipinski definition) is 1. The van der Waals surface area contributed by atoms with Crippen LogP contribution in [0.3, 0.4) is 0 Å². The van der Waals surface area contributed by atoms with Crippen molar-refractivity contribution >= 4 is 0 Å². The van der Waals surface area contributed by atoms with Gasteiger partial charge in [-0.15, -0.1) is 0 Å². The van der Waals surface area contributed by atoms with E-state index in [1.165, 1.54) is 36.0 Å². The fourth-order valence-electron chi connectivity index (χ4n) is 4.78. The van der Waals surface area contributed by atoms with Crippen molar-refractivity contribution in [3.8, 4) is 5.75 Å². The highest BCUT2D eigenvalue weighted by Gasteiger charge is 2.61. The molecule has 2 aliphatic carbocycles. The molecule has 104 valence electrons. The van der Waals surface area contributed by atoms with E-state index in [1.54, 1.807) is 0 Å². The molecular weight excluding hydrogens is 232 g/mol. The summed E-state index contributed by atoms with van der Waals surface area (Å²) in [4.78, 5) is 0. The van der Waals surface area contributed by atoms with Crippen LogP contribution in [0.15, 0.2) is 12.1 Å². The van der Waals surface area contributed by atoms with Crippen LogP contribution in [-0.4, -0.2) is 5.11 Å². The molecule has 1 aromatic rings. The maximum absolute atomic E-state index is 10.4. The molecule has 0 saturated heterocycles. The first kappa shape index (κ1) is 13.0. The van der Waals surface area contributed by atoms with Crippen molar-refractivity contribution in [2.24, 2.45) is 16.7 Å². The van der Waals surface area contributed by atoms with Crippen LogP contribution in [-0.2, 0) is 0 Å². The van der Waals surface area contributed by atoms with Gasteiger partial charge in [0.05, 0.1) is 0 Å². The van der Waals surface area contributed by atoms with E-state index in [9.17, 15) is 5.11 Å². The lowest BCUT2D eigenvalue weighted by molar-refractivity contribution is 0.133. The molecule has 3 atom stereocenters. The number of aromatic hydroxyl groups is 1. The molecule has 2 saturated carbocycles. The molecule has 0 heterocycles. The number of benzene rings is 1. The van der Waals surface area contributed by atoms with Gasteiger partial charge in [0, 0.05) is 0 Å². The Morgan fingerprint density at radius 3 is 2.26 bits per heavy atom. The van der Waals surface area contributed by atoms with Crippen molar-refractivity contribution in [3.05, 3.63) is 28.8 Å². The molecule has 0 spiro atoms. The minimum absolute atomic E-state index is 0.344. The molecule has 3 rings (SSSR count). The fourth-order valence-corrected chi connectivity index (χ4v) is 4.78. The Kier molecular flexibility index (Phi) is 2.59. The van der Waals surface area contributed by atoms with E-state index < -0.39 is 0 Å². The Morgan fingerprint density at radius 2 is 1.74 bits per heavy atom. The third-order valence-electron chi connectivity index (χ3n) is 6.81. The summed E-state index contributed by atoms with van der Waals surface area (Å²) in [7, 11) is 0. The highest BCUT2D eigenvalue weighted by atomic mass is 16.3. The first-order valence-electron chi connectivity index (χ1n) is 7.57. The van der Waals surface area contributed by atoms with Crippen LogP contribution in [0, 0.1) is 30.6 Å². The topological polar surface area (TPSA) is 20.2 Å². The Morgan fingerprint density at radius 1 is 1.11 bits per heavy atom. The average Bonchev–Trinajstić information content (AvgIpc) is 2.66. The van der Waals surface area contributed by atoms with Crippen molar-refractivity contribution < 1.29 is 5.11 Å². The monoisotopic (exact) mass is 258 g/mol.